The molecule has 0 radical (unpaired) electrons. The Morgan fingerprint density at radius 3 is 2.37 bits per heavy atom. The summed E-state index contributed by atoms with van der Waals surface area (Å²) in [6.45, 7) is 6.70. The molecule has 27 heavy (non-hydrogen) atoms. The van der Waals surface area contributed by atoms with Crippen LogP contribution in [-0.2, 0) is 19.6 Å². The molecule has 0 atom stereocenters. The van der Waals surface area contributed by atoms with Crippen molar-refractivity contribution in [1.82, 2.24) is 14.5 Å². The van der Waals surface area contributed by atoms with Crippen LogP contribution in [0.4, 0.5) is 0 Å². The number of piperazine rings is 1. The number of carbonyl (C=O) groups excluding carboxylic acids is 1. The van der Waals surface area contributed by atoms with Gasteiger partial charge in [0.2, 0.25) is 15.9 Å². The summed E-state index contributed by atoms with van der Waals surface area (Å²) in [6.07, 6.45) is 0. The molecule has 1 aromatic rings. The van der Waals surface area contributed by atoms with Gasteiger partial charge in [0.25, 0.3) is 0 Å². The van der Waals surface area contributed by atoms with E-state index in [0.29, 0.717) is 30.0 Å². The van der Waals surface area contributed by atoms with Crippen molar-refractivity contribution < 1.29 is 22.7 Å². The van der Waals surface area contributed by atoms with E-state index in [4.69, 9.17) is 9.47 Å². The van der Waals surface area contributed by atoms with Gasteiger partial charge >= 0.3 is 0 Å². The number of nitrogens with one attached hydrogen (secondary N) is 1. The first kappa shape index (κ1) is 21.6. The summed E-state index contributed by atoms with van der Waals surface area (Å²) in [4.78, 5) is 14.1. The predicted octanol–water partition coefficient (Wildman–Crippen LogP) is 0.381. The maximum atomic E-state index is 12.9. The average Bonchev–Trinajstić information content (AvgIpc) is 2.64. The van der Waals surface area contributed by atoms with Crippen LogP contribution in [0.2, 0.25) is 0 Å². The highest BCUT2D eigenvalue weighted by atomic mass is 32.2. The van der Waals surface area contributed by atoms with E-state index < -0.39 is 10.0 Å². The fraction of sp³-hybridized carbons (Fsp3) is 0.611. The first-order chi connectivity index (χ1) is 12.8. The van der Waals surface area contributed by atoms with Crippen LogP contribution < -0.4 is 10.1 Å². The number of nitrogens with zero attached hydrogens (tertiary/aromatic N) is 2. The summed E-state index contributed by atoms with van der Waals surface area (Å²) >= 11 is 0. The van der Waals surface area contributed by atoms with Gasteiger partial charge in [-0.25, -0.2) is 8.42 Å². The van der Waals surface area contributed by atoms with Gasteiger partial charge in [-0.15, -0.1) is 0 Å². The number of ether oxygens (including phenoxy) is 2. The quantitative estimate of drug-likeness (QED) is 0.636. The third-order valence-corrected chi connectivity index (χ3v) is 6.75. The number of rotatable bonds is 8. The first-order valence-corrected chi connectivity index (χ1v) is 10.4. The number of hydrogen-bond donors (Lipinski definition) is 1. The maximum absolute atomic E-state index is 12.9. The van der Waals surface area contributed by atoms with Crippen LogP contribution in [-0.4, -0.2) is 83.6 Å². The summed E-state index contributed by atoms with van der Waals surface area (Å²) in [6, 6.07) is 3.41. The van der Waals surface area contributed by atoms with Crippen molar-refractivity contribution in [3.05, 3.63) is 23.3 Å². The van der Waals surface area contributed by atoms with E-state index in [-0.39, 0.29) is 30.6 Å². The highest BCUT2D eigenvalue weighted by Crippen LogP contribution is 2.27. The van der Waals surface area contributed by atoms with E-state index >= 15 is 0 Å². The highest BCUT2D eigenvalue weighted by Gasteiger charge is 2.25. The second-order valence-electron chi connectivity index (χ2n) is 6.60. The number of aryl methyl sites for hydroxylation is 2. The number of amides is 1. The van der Waals surface area contributed by atoms with Gasteiger partial charge in [0.05, 0.1) is 18.6 Å². The lowest BCUT2D eigenvalue weighted by atomic mass is 10.1. The zero-order chi connectivity index (χ0) is 20.0. The van der Waals surface area contributed by atoms with Gasteiger partial charge in [-0.05, 0) is 37.1 Å². The van der Waals surface area contributed by atoms with Gasteiger partial charge in [0.1, 0.15) is 12.4 Å². The molecule has 0 aliphatic carbocycles. The molecule has 2 rings (SSSR count). The van der Waals surface area contributed by atoms with E-state index in [1.54, 1.807) is 38.0 Å². The number of hydrogen-bond acceptors (Lipinski definition) is 6. The zero-order valence-corrected chi connectivity index (χ0v) is 17.3. The Morgan fingerprint density at radius 2 is 1.81 bits per heavy atom. The van der Waals surface area contributed by atoms with Crippen LogP contribution in [0, 0.1) is 13.8 Å². The summed E-state index contributed by atoms with van der Waals surface area (Å²) < 4.78 is 37.6. The Hall–Kier alpha value is -1.68. The SMILES string of the molecule is COc1cc(C)c(S(=O)(=O)N(C)CCOCC(=O)N2CCNCC2)c(C)c1. The molecule has 152 valence electrons. The molecule has 1 amide bonds. The van der Waals surface area contributed by atoms with Crippen LogP contribution in [0.15, 0.2) is 17.0 Å². The third kappa shape index (κ3) is 5.41. The van der Waals surface area contributed by atoms with Crippen molar-refractivity contribution in [1.29, 1.82) is 0 Å². The minimum absolute atomic E-state index is 0.0333. The Bertz CT molecular complexity index is 737. The van der Waals surface area contributed by atoms with Gasteiger partial charge < -0.3 is 19.7 Å². The van der Waals surface area contributed by atoms with Crippen molar-refractivity contribution in [2.75, 3.05) is 60.1 Å². The molecule has 0 aromatic heterocycles. The van der Waals surface area contributed by atoms with E-state index in [9.17, 15) is 13.2 Å². The molecule has 1 aliphatic rings. The molecule has 1 aliphatic heterocycles. The Kier molecular flexibility index (Phi) is 7.60. The van der Waals surface area contributed by atoms with E-state index in [0.717, 1.165) is 13.1 Å². The number of sulfonamides is 1. The molecule has 1 heterocycles. The fourth-order valence-corrected chi connectivity index (χ4v) is 4.63. The third-order valence-electron chi connectivity index (χ3n) is 4.58. The number of benzene rings is 1. The average molecular weight is 400 g/mol. The Labute approximate surface area is 161 Å². The molecule has 0 bridgehead atoms. The van der Waals surface area contributed by atoms with E-state index in [1.165, 1.54) is 11.4 Å². The summed E-state index contributed by atoms with van der Waals surface area (Å²) in [5.41, 5.74) is 1.27. The van der Waals surface area contributed by atoms with E-state index in [1.807, 2.05) is 0 Å². The van der Waals surface area contributed by atoms with Gasteiger partial charge in [0, 0.05) is 39.8 Å². The molecule has 0 saturated carbocycles. The van der Waals surface area contributed by atoms with Crippen molar-refractivity contribution in [3.8, 4) is 5.75 Å². The summed E-state index contributed by atoms with van der Waals surface area (Å²) in [7, 11) is -0.589. The minimum Gasteiger partial charge on any atom is -0.497 e. The van der Waals surface area contributed by atoms with Gasteiger partial charge in [-0.1, -0.05) is 0 Å². The Morgan fingerprint density at radius 1 is 1.22 bits per heavy atom. The van der Waals surface area contributed by atoms with Crippen LogP contribution >= 0.6 is 0 Å². The van der Waals surface area contributed by atoms with E-state index in [2.05, 4.69) is 5.32 Å². The molecule has 1 saturated heterocycles. The maximum Gasteiger partial charge on any atom is 0.248 e. The lowest BCUT2D eigenvalue weighted by Crippen LogP contribution is -2.47. The van der Waals surface area contributed by atoms with Gasteiger partial charge in [-0.2, -0.15) is 4.31 Å². The van der Waals surface area contributed by atoms with Crippen LogP contribution in [0.25, 0.3) is 0 Å². The monoisotopic (exact) mass is 399 g/mol. The molecule has 1 fully saturated rings. The zero-order valence-electron chi connectivity index (χ0n) is 16.4. The normalized spacial score (nSPS) is 15.2. The molecule has 0 unspecified atom stereocenters. The topological polar surface area (TPSA) is 88.2 Å². The number of carbonyl (C=O) groups is 1. The van der Waals surface area contributed by atoms with Crippen molar-refractivity contribution in [2.24, 2.45) is 0 Å². The molecule has 0 spiro atoms. The fourth-order valence-electron chi connectivity index (χ4n) is 3.07. The standard InChI is InChI=1S/C18H29N3O5S/c1-14-11-16(25-4)12-15(2)18(14)27(23,24)20(3)9-10-26-13-17(22)21-7-5-19-6-8-21/h11-12,19H,5-10,13H2,1-4H3. The van der Waals surface area contributed by atoms with Gasteiger partial charge in [0.15, 0.2) is 0 Å². The van der Waals surface area contributed by atoms with Crippen LogP contribution in [0.5, 0.6) is 5.75 Å². The van der Waals surface area contributed by atoms with Gasteiger partial charge in [-0.3, -0.25) is 4.79 Å². The predicted molar refractivity (Wildman–Crippen MR) is 103 cm³/mol. The number of likely N-dealkylation sites (N-methyl/N-ethyl adjacent to an activating group) is 1. The summed E-state index contributed by atoms with van der Waals surface area (Å²) in [5, 5.41) is 3.18. The van der Waals surface area contributed by atoms with Crippen molar-refractivity contribution in [3.63, 3.8) is 0 Å². The summed E-state index contributed by atoms with van der Waals surface area (Å²) in [5.74, 6) is 0.560. The second kappa shape index (κ2) is 9.50. The largest absolute Gasteiger partial charge is 0.497 e. The first-order valence-electron chi connectivity index (χ1n) is 8.95. The smallest absolute Gasteiger partial charge is 0.248 e. The lowest BCUT2D eigenvalue weighted by Gasteiger charge is -2.27. The minimum atomic E-state index is -3.65. The van der Waals surface area contributed by atoms with Crippen molar-refractivity contribution in [2.45, 2.75) is 18.7 Å². The molecule has 1 N–H and O–H groups in total. The van der Waals surface area contributed by atoms with Crippen LogP contribution in [0.1, 0.15) is 11.1 Å². The molecular formula is C18H29N3O5S. The Balaban J connectivity index is 1.91. The molecule has 8 nitrogen and oxygen atoms in total. The second-order valence-corrected chi connectivity index (χ2v) is 8.58. The van der Waals surface area contributed by atoms with Crippen LogP contribution in [0.3, 0.4) is 0 Å². The highest BCUT2D eigenvalue weighted by molar-refractivity contribution is 7.89. The molecule has 1 aromatic carbocycles. The van der Waals surface area contributed by atoms with Crippen molar-refractivity contribution >= 4 is 15.9 Å². The lowest BCUT2D eigenvalue weighted by molar-refractivity contribution is -0.136. The number of methoxy groups -OCH3 is 1. The molecule has 9 heteroatoms. The molecular weight excluding hydrogens is 370 g/mol.